The second-order valence-corrected chi connectivity index (χ2v) is 4.88. The topological polar surface area (TPSA) is 53.1 Å². The first-order valence-electron chi connectivity index (χ1n) is 7.08. The van der Waals surface area contributed by atoms with Gasteiger partial charge < -0.3 is 10.5 Å². The van der Waals surface area contributed by atoms with Crippen molar-refractivity contribution in [2.75, 3.05) is 6.54 Å². The molecule has 0 saturated heterocycles. The van der Waals surface area contributed by atoms with E-state index in [1.165, 1.54) is 0 Å². The summed E-state index contributed by atoms with van der Waals surface area (Å²) in [4.78, 5) is 0. The first kappa shape index (κ1) is 15.1. The van der Waals surface area contributed by atoms with E-state index in [2.05, 4.69) is 29.9 Å². The molecule has 0 atom stereocenters. The van der Waals surface area contributed by atoms with Gasteiger partial charge in [-0.2, -0.15) is 5.10 Å². The van der Waals surface area contributed by atoms with Crippen LogP contribution in [0.1, 0.15) is 29.4 Å². The van der Waals surface area contributed by atoms with Crippen molar-refractivity contribution in [3.63, 3.8) is 0 Å². The van der Waals surface area contributed by atoms with Crippen LogP contribution in [-0.2, 0) is 20.1 Å². The third-order valence-electron chi connectivity index (χ3n) is 3.30. The monoisotopic (exact) mass is 283 g/mol. The minimum absolute atomic E-state index is 0.373. The number of nitrogens with zero attached hydrogens (tertiary/aromatic N) is 2. The molecule has 2 N–H and O–H groups in total. The van der Waals surface area contributed by atoms with E-state index in [0.717, 1.165) is 34.7 Å². The zero-order valence-corrected chi connectivity index (χ0v) is 12.8. The van der Waals surface area contributed by atoms with Crippen LogP contribution in [0.4, 0.5) is 0 Å². The first-order valence-corrected chi connectivity index (χ1v) is 7.08. The Morgan fingerprint density at radius 2 is 2.14 bits per heavy atom. The minimum Gasteiger partial charge on any atom is -0.487 e. The van der Waals surface area contributed by atoms with Crippen LogP contribution in [0.5, 0.6) is 5.75 Å². The molecule has 1 heterocycles. The average Bonchev–Trinajstić information content (AvgIpc) is 2.84. The van der Waals surface area contributed by atoms with Crippen molar-refractivity contribution < 1.29 is 4.74 Å². The molecule has 0 radical (unpaired) electrons. The van der Waals surface area contributed by atoms with Crippen LogP contribution in [0.15, 0.2) is 24.3 Å². The molecule has 0 spiro atoms. The molecular formula is C17H21N3O. The molecule has 1 aromatic heterocycles. The SMILES string of the molecule is CCc1cc(COc2ccc(C#CCN)c(C)c2)n(C)n1. The number of nitrogens with two attached hydrogens (primary N) is 1. The number of hydrogen-bond donors (Lipinski definition) is 1. The van der Waals surface area contributed by atoms with Gasteiger partial charge in [0.1, 0.15) is 12.4 Å². The molecule has 0 bridgehead atoms. The number of rotatable bonds is 4. The Morgan fingerprint density at radius 1 is 1.33 bits per heavy atom. The number of aromatic nitrogens is 2. The molecule has 0 fully saturated rings. The molecule has 4 heteroatoms. The maximum absolute atomic E-state index is 5.84. The van der Waals surface area contributed by atoms with Gasteiger partial charge in [-0.25, -0.2) is 0 Å². The molecule has 0 saturated carbocycles. The van der Waals surface area contributed by atoms with E-state index in [4.69, 9.17) is 10.5 Å². The predicted molar refractivity (Wildman–Crippen MR) is 84.0 cm³/mol. The van der Waals surface area contributed by atoms with Gasteiger partial charge in [0.05, 0.1) is 17.9 Å². The van der Waals surface area contributed by atoms with E-state index in [1.807, 2.05) is 36.9 Å². The van der Waals surface area contributed by atoms with Crippen LogP contribution < -0.4 is 10.5 Å². The van der Waals surface area contributed by atoms with Gasteiger partial charge in [0.2, 0.25) is 0 Å². The third kappa shape index (κ3) is 3.87. The fraction of sp³-hybridized carbons (Fsp3) is 0.353. The first-order chi connectivity index (χ1) is 10.1. The van der Waals surface area contributed by atoms with E-state index in [-0.39, 0.29) is 0 Å². The van der Waals surface area contributed by atoms with Crippen molar-refractivity contribution in [1.82, 2.24) is 9.78 Å². The Bertz CT molecular complexity index is 677. The molecule has 21 heavy (non-hydrogen) atoms. The molecule has 0 amide bonds. The fourth-order valence-electron chi connectivity index (χ4n) is 2.05. The van der Waals surface area contributed by atoms with Crippen LogP contribution in [0, 0.1) is 18.8 Å². The van der Waals surface area contributed by atoms with Gasteiger partial charge in [-0.1, -0.05) is 18.8 Å². The highest BCUT2D eigenvalue weighted by atomic mass is 16.5. The van der Waals surface area contributed by atoms with Gasteiger partial charge in [0, 0.05) is 12.6 Å². The Hall–Kier alpha value is -2.25. The van der Waals surface area contributed by atoms with E-state index < -0.39 is 0 Å². The molecule has 0 aliphatic carbocycles. The maximum atomic E-state index is 5.84. The molecule has 0 aliphatic rings. The van der Waals surface area contributed by atoms with Gasteiger partial charge in [-0.05, 0) is 43.2 Å². The minimum atomic E-state index is 0.373. The zero-order chi connectivity index (χ0) is 15.2. The highest BCUT2D eigenvalue weighted by Gasteiger charge is 2.05. The summed E-state index contributed by atoms with van der Waals surface area (Å²) in [6, 6.07) is 7.98. The third-order valence-corrected chi connectivity index (χ3v) is 3.30. The van der Waals surface area contributed by atoms with Crippen molar-refractivity contribution in [2.24, 2.45) is 12.8 Å². The van der Waals surface area contributed by atoms with E-state index in [0.29, 0.717) is 13.2 Å². The Labute approximate surface area is 125 Å². The van der Waals surface area contributed by atoms with Crippen LogP contribution in [0.3, 0.4) is 0 Å². The quantitative estimate of drug-likeness (QED) is 0.875. The summed E-state index contributed by atoms with van der Waals surface area (Å²) in [5.74, 6) is 6.75. The van der Waals surface area contributed by atoms with Gasteiger partial charge in [0.25, 0.3) is 0 Å². The number of benzene rings is 1. The summed E-state index contributed by atoms with van der Waals surface area (Å²) in [6.07, 6.45) is 0.932. The highest BCUT2D eigenvalue weighted by molar-refractivity contribution is 5.44. The average molecular weight is 283 g/mol. The van der Waals surface area contributed by atoms with Gasteiger partial charge >= 0.3 is 0 Å². The van der Waals surface area contributed by atoms with E-state index in [1.54, 1.807) is 0 Å². The number of aryl methyl sites for hydroxylation is 3. The zero-order valence-electron chi connectivity index (χ0n) is 12.8. The second kappa shape index (κ2) is 6.96. The van der Waals surface area contributed by atoms with Crippen LogP contribution in [0.25, 0.3) is 0 Å². The Kier molecular flexibility index (Phi) is 5.02. The largest absolute Gasteiger partial charge is 0.487 e. The van der Waals surface area contributed by atoms with Crippen molar-refractivity contribution in [3.05, 3.63) is 46.8 Å². The van der Waals surface area contributed by atoms with Gasteiger partial charge in [0.15, 0.2) is 0 Å². The van der Waals surface area contributed by atoms with Gasteiger partial charge in [-0.15, -0.1) is 0 Å². The molecule has 2 rings (SSSR count). The standard InChI is InChI=1S/C17H21N3O/c1-4-15-11-16(20(3)19-15)12-21-17-8-7-14(6-5-9-18)13(2)10-17/h7-8,10-11H,4,9,12,18H2,1-3H3. The van der Waals surface area contributed by atoms with Crippen LogP contribution in [0.2, 0.25) is 0 Å². The fourth-order valence-corrected chi connectivity index (χ4v) is 2.05. The molecular weight excluding hydrogens is 262 g/mol. The van der Waals surface area contributed by atoms with Crippen molar-refractivity contribution in [1.29, 1.82) is 0 Å². The van der Waals surface area contributed by atoms with Crippen molar-refractivity contribution in [2.45, 2.75) is 26.9 Å². The normalized spacial score (nSPS) is 10.1. The molecule has 2 aromatic rings. The number of hydrogen-bond acceptors (Lipinski definition) is 3. The lowest BCUT2D eigenvalue weighted by Crippen LogP contribution is -2.03. The summed E-state index contributed by atoms with van der Waals surface area (Å²) in [7, 11) is 1.94. The molecule has 4 nitrogen and oxygen atoms in total. The number of ether oxygens (including phenoxy) is 1. The molecule has 110 valence electrons. The Balaban J connectivity index is 2.06. The van der Waals surface area contributed by atoms with Crippen molar-refractivity contribution >= 4 is 0 Å². The molecule has 0 aliphatic heterocycles. The predicted octanol–water partition coefficient (Wildman–Crippen LogP) is 2.18. The maximum Gasteiger partial charge on any atom is 0.130 e. The second-order valence-electron chi connectivity index (χ2n) is 4.88. The molecule has 0 unspecified atom stereocenters. The van der Waals surface area contributed by atoms with Crippen LogP contribution in [-0.4, -0.2) is 16.3 Å². The summed E-state index contributed by atoms with van der Waals surface area (Å²) in [6.45, 7) is 5.00. The van der Waals surface area contributed by atoms with Crippen LogP contribution >= 0.6 is 0 Å². The summed E-state index contributed by atoms with van der Waals surface area (Å²) >= 11 is 0. The van der Waals surface area contributed by atoms with E-state index >= 15 is 0 Å². The smallest absolute Gasteiger partial charge is 0.130 e. The lowest BCUT2D eigenvalue weighted by molar-refractivity contribution is 0.294. The summed E-state index contributed by atoms with van der Waals surface area (Å²) in [5, 5.41) is 4.41. The van der Waals surface area contributed by atoms with Crippen molar-refractivity contribution in [3.8, 4) is 17.6 Å². The lowest BCUT2D eigenvalue weighted by Gasteiger charge is -2.08. The molecule has 1 aromatic carbocycles. The lowest BCUT2D eigenvalue weighted by atomic mass is 10.1. The summed E-state index contributed by atoms with van der Waals surface area (Å²) in [5.41, 5.74) is 9.62. The summed E-state index contributed by atoms with van der Waals surface area (Å²) < 4.78 is 7.71. The Morgan fingerprint density at radius 3 is 2.76 bits per heavy atom. The van der Waals surface area contributed by atoms with Gasteiger partial charge in [-0.3, -0.25) is 4.68 Å². The highest BCUT2D eigenvalue weighted by Crippen LogP contribution is 2.18. The van der Waals surface area contributed by atoms with E-state index in [9.17, 15) is 0 Å².